The van der Waals surface area contributed by atoms with E-state index in [0.29, 0.717) is 36.9 Å². The third-order valence-corrected chi connectivity index (χ3v) is 5.97. The molecule has 184 valence electrons. The van der Waals surface area contributed by atoms with E-state index >= 15 is 0 Å². The number of hydrogen-bond acceptors (Lipinski definition) is 10. The lowest BCUT2D eigenvalue weighted by molar-refractivity contribution is -0.255. The summed E-state index contributed by atoms with van der Waals surface area (Å²) in [5.74, 6) is -0.166. The fourth-order valence-electron chi connectivity index (χ4n) is 3.41. The van der Waals surface area contributed by atoms with E-state index in [1.54, 1.807) is 12.1 Å². The summed E-state index contributed by atoms with van der Waals surface area (Å²) in [5, 5.41) is 31.2. The Morgan fingerprint density at radius 3 is 2.32 bits per heavy atom. The van der Waals surface area contributed by atoms with Gasteiger partial charge in [0.25, 0.3) is 0 Å². The molecule has 3 rings (SSSR count). The number of amides is 3. The molecule has 12 nitrogen and oxygen atoms in total. The molecule has 0 radical (unpaired) electrons. The predicted molar refractivity (Wildman–Crippen MR) is 121 cm³/mol. The highest BCUT2D eigenvalue weighted by atomic mass is 32.1. The van der Waals surface area contributed by atoms with Crippen molar-refractivity contribution in [3.05, 3.63) is 40.4 Å². The zero-order valence-electron chi connectivity index (χ0n) is 18.6. The van der Waals surface area contributed by atoms with E-state index in [4.69, 9.17) is 4.74 Å². The molecule has 0 aliphatic carbocycles. The summed E-state index contributed by atoms with van der Waals surface area (Å²) >= 11 is 1.48. The maximum absolute atomic E-state index is 11.5. The minimum atomic E-state index is -1.64. The number of nitrogens with one attached hydrogen (secondary N) is 4. The van der Waals surface area contributed by atoms with Crippen molar-refractivity contribution in [2.75, 3.05) is 36.9 Å². The molecule has 0 saturated carbocycles. The van der Waals surface area contributed by atoms with E-state index in [9.17, 15) is 24.6 Å². The Kier molecular flexibility index (Phi) is 9.01. The molecule has 4 N–H and O–H groups in total. The smallest absolute Gasteiger partial charge is 0.223 e. The van der Waals surface area contributed by atoms with Crippen molar-refractivity contribution >= 4 is 40.2 Å². The highest BCUT2D eigenvalue weighted by molar-refractivity contribution is 7.15. The van der Waals surface area contributed by atoms with Crippen LogP contribution in [0.15, 0.2) is 24.3 Å². The zero-order chi connectivity index (χ0) is 24.5. The van der Waals surface area contributed by atoms with E-state index < -0.39 is 18.5 Å². The predicted octanol–water partition coefficient (Wildman–Crippen LogP) is -0.720. The second-order valence-electron chi connectivity index (χ2n) is 7.60. The van der Waals surface area contributed by atoms with Gasteiger partial charge < -0.3 is 45.8 Å². The van der Waals surface area contributed by atoms with Gasteiger partial charge in [-0.1, -0.05) is 12.1 Å². The second kappa shape index (κ2) is 12.2. The lowest BCUT2D eigenvalue weighted by Crippen LogP contribution is -2.58. The molecule has 13 heteroatoms. The molecule has 0 bridgehead atoms. The molecule has 0 spiro atoms. The highest BCUT2D eigenvalue weighted by Gasteiger charge is 2.17. The molecule has 2 heterocycles. The van der Waals surface area contributed by atoms with Gasteiger partial charge in [0.1, 0.15) is 12.2 Å². The van der Waals surface area contributed by atoms with Crippen LogP contribution >= 0.6 is 11.3 Å². The summed E-state index contributed by atoms with van der Waals surface area (Å²) in [5.41, 5.74) is 2.43. The van der Waals surface area contributed by atoms with Crippen molar-refractivity contribution in [3.63, 3.8) is 0 Å². The topological polar surface area (TPSA) is 171 Å². The van der Waals surface area contributed by atoms with Gasteiger partial charge in [-0.2, -0.15) is 0 Å². The van der Waals surface area contributed by atoms with Gasteiger partial charge in [-0.05, 0) is 30.5 Å². The van der Waals surface area contributed by atoms with Gasteiger partial charge in [0.2, 0.25) is 5.91 Å². The maximum atomic E-state index is 11.5. The van der Waals surface area contributed by atoms with E-state index in [0.717, 1.165) is 35.8 Å². The van der Waals surface area contributed by atoms with Gasteiger partial charge in [-0.25, -0.2) is 4.98 Å². The molecule has 0 atom stereocenters. The Labute approximate surface area is 200 Å². The standard InChI is InChI=1S/C21H28N6O6S/c1-13(28)22-19-24-16(17(34-19)12-27-8-10-33-11-9-27)7-4-14-2-5-15(6-3-14)23-18(25-20(29)30)26-21(31)32/h2-3,5-6,18,23,25-26H,4,7-12H2,1H3,(H,29,30)(H,31,32)(H,22,24,28)/p-2. The Morgan fingerprint density at radius 2 is 1.74 bits per heavy atom. The quantitative estimate of drug-likeness (QED) is 0.314. The molecule has 1 aromatic heterocycles. The Bertz CT molecular complexity index is 976. The average molecular weight is 491 g/mol. The minimum absolute atomic E-state index is 0.166. The van der Waals surface area contributed by atoms with Crippen LogP contribution in [-0.2, 0) is 28.9 Å². The number of carboxylic acid groups (broad SMARTS) is 2. The molecular formula is C21H26N6O6S-2. The highest BCUT2D eigenvalue weighted by Crippen LogP contribution is 2.26. The van der Waals surface area contributed by atoms with Crippen LogP contribution in [0.5, 0.6) is 0 Å². The number of aryl methyl sites for hydroxylation is 2. The second-order valence-corrected chi connectivity index (χ2v) is 8.68. The van der Waals surface area contributed by atoms with Crippen molar-refractivity contribution in [1.82, 2.24) is 20.5 Å². The molecule has 1 aliphatic heterocycles. The summed E-state index contributed by atoms with van der Waals surface area (Å²) < 4.78 is 5.41. The van der Waals surface area contributed by atoms with Crippen LogP contribution < -0.4 is 31.5 Å². The first-order chi connectivity index (χ1) is 16.3. The average Bonchev–Trinajstić information content (AvgIpc) is 3.13. The zero-order valence-corrected chi connectivity index (χ0v) is 19.4. The first-order valence-corrected chi connectivity index (χ1v) is 11.5. The number of ether oxygens (including phenoxy) is 1. The Morgan fingerprint density at radius 1 is 1.09 bits per heavy atom. The molecular weight excluding hydrogens is 464 g/mol. The van der Waals surface area contributed by atoms with Crippen LogP contribution in [-0.4, -0.2) is 60.6 Å². The lowest BCUT2D eigenvalue weighted by atomic mass is 10.1. The molecule has 1 aromatic carbocycles. The number of benzene rings is 1. The summed E-state index contributed by atoms with van der Waals surface area (Å²) in [6.45, 7) is 5.30. The Balaban J connectivity index is 1.63. The third kappa shape index (κ3) is 8.17. The van der Waals surface area contributed by atoms with E-state index in [-0.39, 0.29) is 5.91 Å². The third-order valence-electron chi connectivity index (χ3n) is 4.97. The van der Waals surface area contributed by atoms with Crippen LogP contribution in [0, 0.1) is 0 Å². The van der Waals surface area contributed by atoms with Crippen LogP contribution in [0.3, 0.4) is 0 Å². The molecule has 1 aliphatic rings. The fraction of sp³-hybridized carbons (Fsp3) is 0.429. The largest absolute Gasteiger partial charge is 0.530 e. The first kappa shape index (κ1) is 25.2. The number of carbonyl (C=O) groups is 3. The van der Waals surface area contributed by atoms with Crippen LogP contribution in [0.25, 0.3) is 0 Å². The SMILES string of the molecule is CC(=O)Nc1nc(CCc2ccc(NC(NC(=O)[O-])NC(=O)[O-])cc2)c(CN2CCOCC2)s1. The summed E-state index contributed by atoms with van der Waals surface area (Å²) in [7, 11) is 0. The monoisotopic (exact) mass is 490 g/mol. The lowest BCUT2D eigenvalue weighted by Gasteiger charge is -2.26. The molecule has 1 saturated heterocycles. The Hall–Kier alpha value is -3.42. The van der Waals surface area contributed by atoms with E-state index in [1.807, 2.05) is 22.8 Å². The molecule has 2 aromatic rings. The van der Waals surface area contributed by atoms with Crippen molar-refractivity contribution in [1.29, 1.82) is 0 Å². The van der Waals surface area contributed by atoms with Crippen LogP contribution in [0.4, 0.5) is 20.4 Å². The number of aromatic nitrogens is 1. The van der Waals surface area contributed by atoms with Gasteiger partial charge >= 0.3 is 0 Å². The van der Waals surface area contributed by atoms with Crippen molar-refractivity contribution in [2.45, 2.75) is 32.6 Å². The molecule has 34 heavy (non-hydrogen) atoms. The normalized spacial score (nSPS) is 13.9. The fourth-order valence-corrected chi connectivity index (χ4v) is 4.51. The summed E-state index contributed by atoms with van der Waals surface area (Å²) in [6, 6.07) is 7.10. The summed E-state index contributed by atoms with van der Waals surface area (Å²) in [6.07, 6.45) is -3.23. The molecule has 3 amide bonds. The first-order valence-electron chi connectivity index (χ1n) is 10.7. The number of nitrogens with zero attached hydrogens (tertiary/aromatic N) is 2. The van der Waals surface area contributed by atoms with Gasteiger partial charge in [0.15, 0.2) is 11.4 Å². The molecule has 1 fully saturated rings. The van der Waals surface area contributed by atoms with Crippen molar-refractivity contribution in [3.8, 4) is 0 Å². The van der Waals surface area contributed by atoms with E-state index in [1.165, 1.54) is 18.3 Å². The van der Waals surface area contributed by atoms with Crippen LogP contribution in [0.1, 0.15) is 23.1 Å². The number of hydrogen-bond donors (Lipinski definition) is 4. The number of rotatable bonds is 10. The van der Waals surface area contributed by atoms with Crippen molar-refractivity contribution in [2.24, 2.45) is 0 Å². The van der Waals surface area contributed by atoms with Gasteiger partial charge in [-0.3, -0.25) is 9.69 Å². The van der Waals surface area contributed by atoms with Gasteiger partial charge in [0, 0.05) is 37.1 Å². The van der Waals surface area contributed by atoms with Gasteiger partial charge in [0.05, 0.1) is 18.9 Å². The minimum Gasteiger partial charge on any atom is -0.530 e. The number of carbonyl (C=O) groups excluding carboxylic acids is 3. The van der Waals surface area contributed by atoms with Crippen LogP contribution in [0.2, 0.25) is 0 Å². The van der Waals surface area contributed by atoms with Gasteiger partial charge in [-0.15, -0.1) is 11.3 Å². The van der Waals surface area contributed by atoms with Crippen molar-refractivity contribution < 1.29 is 29.3 Å². The molecule has 0 unspecified atom stereocenters. The number of anilines is 2. The van der Waals surface area contributed by atoms with E-state index in [2.05, 4.69) is 20.5 Å². The maximum Gasteiger partial charge on any atom is 0.223 e. The number of morpholine rings is 1. The number of thiazole rings is 1. The summed E-state index contributed by atoms with van der Waals surface area (Å²) in [4.78, 5) is 40.9.